The minimum Gasteiger partial charge on any atom is -0.459 e. The molecule has 0 amide bonds. The Labute approximate surface area is 274 Å². The highest BCUT2D eigenvalue weighted by Gasteiger charge is 2.53. The molecule has 3 aliphatic heterocycles. The quantitative estimate of drug-likeness (QED) is 0.345. The maximum absolute atomic E-state index is 14.2. The molecule has 0 aromatic rings. The largest absolute Gasteiger partial charge is 0.459 e. The van der Waals surface area contributed by atoms with Crippen LogP contribution >= 0.6 is 0 Å². The monoisotopic (exact) mass is 654 g/mol. The van der Waals surface area contributed by atoms with Gasteiger partial charge in [-0.1, -0.05) is 27.7 Å². The second-order valence-corrected chi connectivity index (χ2v) is 14.2. The molecule has 0 spiro atoms. The lowest BCUT2D eigenvalue weighted by atomic mass is 9.73. The molecule has 0 saturated carbocycles. The second-order valence-electron chi connectivity index (χ2n) is 14.2. The number of aliphatic imine (C=N–C) groups is 1. The molecule has 0 unspecified atom stereocenters. The van der Waals surface area contributed by atoms with Gasteiger partial charge in [0, 0.05) is 37.7 Å². The number of likely N-dealkylation sites (N-methyl/N-ethyl adjacent to an activating group) is 1. The number of methoxy groups -OCH3 is 1. The summed E-state index contributed by atoms with van der Waals surface area (Å²) in [5.74, 6) is -4.33. The lowest BCUT2D eigenvalue weighted by molar-refractivity contribution is -0.300. The highest BCUT2D eigenvalue weighted by atomic mass is 16.7. The first-order valence-corrected chi connectivity index (χ1v) is 16.6. The van der Waals surface area contributed by atoms with E-state index in [0.717, 1.165) is 5.71 Å². The zero-order chi connectivity index (χ0) is 34.7. The van der Waals surface area contributed by atoms with Crippen molar-refractivity contribution in [2.24, 2.45) is 28.7 Å². The van der Waals surface area contributed by atoms with E-state index >= 15 is 0 Å². The fourth-order valence-corrected chi connectivity index (χ4v) is 7.82. The Hall–Kier alpha value is -1.80. The van der Waals surface area contributed by atoms with E-state index in [1.165, 1.54) is 6.92 Å². The van der Waals surface area contributed by atoms with Crippen LogP contribution in [0.25, 0.3) is 0 Å². The van der Waals surface area contributed by atoms with Gasteiger partial charge in [0.15, 0.2) is 17.9 Å². The van der Waals surface area contributed by atoms with Gasteiger partial charge in [0.25, 0.3) is 0 Å². The molecule has 0 radical (unpaired) electrons. The van der Waals surface area contributed by atoms with Gasteiger partial charge in [-0.3, -0.25) is 19.4 Å². The molecule has 46 heavy (non-hydrogen) atoms. The van der Waals surface area contributed by atoms with Crippen molar-refractivity contribution in [3.05, 3.63) is 0 Å². The van der Waals surface area contributed by atoms with Gasteiger partial charge in [-0.15, -0.1) is 0 Å². The van der Waals surface area contributed by atoms with Crippen molar-refractivity contribution in [1.29, 1.82) is 0 Å². The highest BCUT2D eigenvalue weighted by molar-refractivity contribution is 6.00. The number of nitrogens with zero attached hydrogens (tertiary/aromatic N) is 2. The third kappa shape index (κ3) is 8.07. The number of Topliss-reactive ketones (excluding diaryl/α,β-unsaturated/α-hetero) is 2. The molecule has 0 aromatic carbocycles. The van der Waals surface area contributed by atoms with Crippen molar-refractivity contribution in [2.45, 2.75) is 129 Å². The lowest BCUT2D eigenvalue weighted by Gasteiger charge is -2.48. The molecule has 3 aliphatic rings. The fourth-order valence-electron chi connectivity index (χ4n) is 7.82. The maximum Gasteiger partial charge on any atom is 0.316 e. The van der Waals surface area contributed by atoms with E-state index < -0.39 is 71.4 Å². The van der Waals surface area contributed by atoms with Crippen LogP contribution in [0.15, 0.2) is 4.99 Å². The van der Waals surface area contributed by atoms with Crippen molar-refractivity contribution in [3.8, 4) is 0 Å². The summed E-state index contributed by atoms with van der Waals surface area (Å²) in [4.78, 5) is 47.8. The molecule has 264 valence electrons. The van der Waals surface area contributed by atoms with Gasteiger partial charge >= 0.3 is 5.97 Å². The number of carbonyl (C=O) groups is 3. The first-order chi connectivity index (χ1) is 21.4. The third-order valence-electron chi connectivity index (χ3n) is 10.3. The summed E-state index contributed by atoms with van der Waals surface area (Å²) in [5.41, 5.74) is -2.23. The molecular formula is C34H58N2O10. The van der Waals surface area contributed by atoms with Crippen molar-refractivity contribution in [3.63, 3.8) is 0 Å². The molecule has 0 aliphatic carbocycles. The Kier molecular flexibility index (Phi) is 13.1. The minimum absolute atomic E-state index is 0.0357. The average Bonchev–Trinajstić information content (AvgIpc) is 3.00. The van der Waals surface area contributed by atoms with Gasteiger partial charge in [0.1, 0.15) is 36.9 Å². The van der Waals surface area contributed by atoms with Gasteiger partial charge in [-0.05, 0) is 67.0 Å². The number of esters is 1. The molecule has 2 bridgehead atoms. The van der Waals surface area contributed by atoms with E-state index in [0.29, 0.717) is 12.8 Å². The first-order valence-electron chi connectivity index (χ1n) is 16.6. The van der Waals surface area contributed by atoms with Crippen molar-refractivity contribution >= 4 is 23.2 Å². The van der Waals surface area contributed by atoms with E-state index in [9.17, 15) is 19.5 Å². The van der Waals surface area contributed by atoms with E-state index in [4.69, 9.17) is 28.4 Å². The number of carbonyl (C=O) groups excluding carboxylic acids is 3. The number of fused-ring (bicyclic) bond motifs is 5. The first kappa shape index (κ1) is 38.6. The van der Waals surface area contributed by atoms with Crippen LogP contribution in [0.1, 0.15) is 74.7 Å². The van der Waals surface area contributed by atoms with Crippen LogP contribution in [0.4, 0.5) is 0 Å². The van der Waals surface area contributed by atoms with E-state index in [2.05, 4.69) is 9.89 Å². The predicted octanol–water partition coefficient (Wildman–Crippen LogP) is 2.86. The molecule has 3 heterocycles. The number of ether oxygens (including phenoxy) is 6. The molecule has 3 saturated heterocycles. The zero-order valence-electron chi connectivity index (χ0n) is 29.9. The van der Waals surface area contributed by atoms with Crippen molar-refractivity contribution in [1.82, 2.24) is 4.90 Å². The molecule has 1 N–H and O–H groups in total. The van der Waals surface area contributed by atoms with Crippen LogP contribution in [0, 0.1) is 23.7 Å². The van der Waals surface area contributed by atoms with Crippen LogP contribution < -0.4 is 0 Å². The Morgan fingerprint density at radius 3 is 2.26 bits per heavy atom. The predicted molar refractivity (Wildman–Crippen MR) is 172 cm³/mol. The Balaban J connectivity index is 2.25. The Morgan fingerprint density at radius 1 is 1.04 bits per heavy atom. The molecule has 3 rings (SSSR count). The standard InChI is InChI=1S/C34H58N2O10/c1-13-25-34(8,40)30-20(4)26(35-9)18(2)15-33(7,43-17-23(37)16-42-30)29(21(5)27(38)22(6)31(39)45-25)46-32-28(41-12)24(36(10)11)14-19(3)44-32/h18-22,24-25,28-30,32,40H,13-17H2,1-12H3/t18-,19-,20+,21+,22-,24+,25-,28-,29-,30-,32+,33-,34-/m1/s1. The van der Waals surface area contributed by atoms with Gasteiger partial charge in [0.05, 0.1) is 23.9 Å². The molecular weight excluding hydrogens is 596 g/mol. The molecule has 0 aromatic heterocycles. The summed E-state index contributed by atoms with van der Waals surface area (Å²) >= 11 is 0. The topological polar surface area (TPSA) is 142 Å². The summed E-state index contributed by atoms with van der Waals surface area (Å²) in [6.45, 7) is 13.6. The fraction of sp³-hybridized carbons (Fsp3) is 0.882. The maximum atomic E-state index is 14.2. The normalized spacial score (nSPS) is 44.8. The third-order valence-corrected chi connectivity index (χ3v) is 10.3. The van der Waals surface area contributed by atoms with Gasteiger partial charge in [-0.25, -0.2) is 0 Å². The summed E-state index contributed by atoms with van der Waals surface area (Å²) in [6, 6.07) is -0.0357. The number of hydrogen-bond donors (Lipinski definition) is 1. The number of rotatable bonds is 5. The molecule has 3 fully saturated rings. The van der Waals surface area contributed by atoms with Crippen molar-refractivity contribution < 1.29 is 47.9 Å². The van der Waals surface area contributed by atoms with E-state index in [-0.39, 0.29) is 43.5 Å². The van der Waals surface area contributed by atoms with Gasteiger partial charge < -0.3 is 38.4 Å². The molecule has 12 heteroatoms. The summed E-state index contributed by atoms with van der Waals surface area (Å²) in [7, 11) is 7.22. The number of cyclic esters (lactones) is 1. The van der Waals surface area contributed by atoms with Crippen molar-refractivity contribution in [2.75, 3.05) is 41.5 Å². The summed E-state index contributed by atoms with van der Waals surface area (Å²) in [6.07, 6.45) is -3.23. The number of hydrogen-bond acceptors (Lipinski definition) is 12. The SMILES string of the molecule is CC[C@H]1OC(=O)[C@H](C)C(=O)[C@H](C)[C@@H](O[C@@H]2O[C@H](C)C[C@H](N(C)C)[C@H]2OC)[C@@]2(C)C[C@@H](C)C(=NC)[C@H](C)[C@@H](OCC(=O)CO2)[C@]1(C)O. The van der Waals surface area contributed by atoms with Gasteiger partial charge in [-0.2, -0.15) is 0 Å². The molecule has 12 nitrogen and oxygen atoms in total. The zero-order valence-corrected chi connectivity index (χ0v) is 29.9. The van der Waals surface area contributed by atoms with Crippen LogP contribution in [-0.4, -0.2) is 129 Å². The Morgan fingerprint density at radius 2 is 1.70 bits per heavy atom. The number of aliphatic hydroxyl groups is 1. The average molecular weight is 655 g/mol. The number of ketones is 2. The summed E-state index contributed by atoms with van der Waals surface area (Å²) < 4.78 is 37.6. The molecule has 13 atom stereocenters. The Bertz CT molecular complexity index is 1110. The van der Waals surface area contributed by atoms with Crippen LogP contribution in [0.3, 0.4) is 0 Å². The second kappa shape index (κ2) is 15.6. The van der Waals surface area contributed by atoms with Gasteiger partial charge in [0.2, 0.25) is 0 Å². The smallest absolute Gasteiger partial charge is 0.316 e. The summed E-state index contributed by atoms with van der Waals surface area (Å²) in [5, 5.41) is 12.0. The van der Waals surface area contributed by atoms with E-state index in [1.807, 2.05) is 41.8 Å². The van der Waals surface area contributed by atoms with Crippen LogP contribution in [0.2, 0.25) is 0 Å². The highest BCUT2D eigenvalue weighted by Crippen LogP contribution is 2.40. The van der Waals surface area contributed by atoms with E-state index in [1.54, 1.807) is 34.9 Å². The van der Waals surface area contributed by atoms with Crippen LogP contribution in [0.5, 0.6) is 0 Å². The minimum atomic E-state index is -1.71. The lowest BCUT2D eigenvalue weighted by Crippen LogP contribution is -2.60. The van der Waals surface area contributed by atoms with Crippen LogP contribution in [-0.2, 0) is 42.8 Å².